The highest BCUT2D eigenvalue weighted by molar-refractivity contribution is 6.31. The number of nitrogens with one attached hydrogen (secondary N) is 1. The number of aliphatic carboxylic acids is 1. The van der Waals surface area contributed by atoms with Crippen LogP contribution in [0.3, 0.4) is 0 Å². The Morgan fingerprint density at radius 3 is 2.28 bits per heavy atom. The second kappa shape index (κ2) is 10.9. The summed E-state index contributed by atoms with van der Waals surface area (Å²) in [4.78, 5) is 36.3. The first-order chi connectivity index (χ1) is 17.3. The van der Waals surface area contributed by atoms with E-state index in [-0.39, 0.29) is 17.8 Å². The molecule has 36 heavy (non-hydrogen) atoms. The number of hydrogen-bond donors (Lipinski definition) is 2. The summed E-state index contributed by atoms with van der Waals surface area (Å²) >= 11 is 6.15. The minimum atomic E-state index is -0.893. The molecule has 0 saturated heterocycles. The molecule has 2 N–H and O–H groups in total. The van der Waals surface area contributed by atoms with Gasteiger partial charge in [-0.25, -0.2) is 4.79 Å². The maximum absolute atomic E-state index is 13.0. The summed E-state index contributed by atoms with van der Waals surface area (Å²) < 4.78 is 10.3. The van der Waals surface area contributed by atoms with Gasteiger partial charge in [0.15, 0.2) is 5.69 Å². The summed E-state index contributed by atoms with van der Waals surface area (Å²) in [7, 11) is 0. The number of amides is 1. The van der Waals surface area contributed by atoms with Gasteiger partial charge in [0, 0.05) is 16.1 Å². The van der Waals surface area contributed by atoms with Crippen LogP contribution < -0.4 is 5.32 Å². The molecule has 0 fully saturated rings. The summed E-state index contributed by atoms with van der Waals surface area (Å²) in [5.41, 5.74) is 3.43. The van der Waals surface area contributed by atoms with E-state index in [1.54, 1.807) is 67.6 Å². The third-order valence-corrected chi connectivity index (χ3v) is 5.78. The molecule has 0 aliphatic carbocycles. The van der Waals surface area contributed by atoms with E-state index in [0.29, 0.717) is 21.7 Å². The second-order valence-electron chi connectivity index (χ2n) is 7.94. The van der Waals surface area contributed by atoms with E-state index in [1.807, 2.05) is 12.1 Å². The van der Waals surface area contributed by atoms with Gasteiger partial charge in [-0.05, 0) is 29.7 Å². The highest BCUT2D eigenvalue weighted by atomic mass is 35.5. The lowest BCUT2D eigenvalue weighted by atomic mass is 10.00. The summed E-state index contributed by atoms with van der Waals surface area (Å²) in [6.45, 7) is 1.68. The Balaban J connectivity index is 1.43. The van der Waals surface area contributed by atoms with Crippen molar-refractivity contribution in [2.45, 2.75) is 19.4 Å². The predicted octanol–water partition coefficient (Wildman–Crippen LogP) is 6.16. The average Bonchev–Trinajstić information content (AvgIpc) is 3.32. The SMILES string of the molecule is CC(OC(=O)Nc1conc1C(=O)c1ccc(-c2ccc(CC(=O)O)cc2)cc1)c1ccccc1Cl. The fraction of sp³-hybridized carbons (Fsp3) is 0.111. The molecule has 0 radical (unpaired) electrons. The normalized spacial score (nSPS) is 11.5. The predicted molar refractivity (Wildman–Crippen MR) is 133 cm³/mol. The Bertz CT molecular complexity index is 1400. The molecular weight excluding hydrogens is 484 g/mol. The molecule has 0 spiro atoms. The molecular formula is C27H21ClN2O6. The number of aromatic nitrogens is 1. The maximum Gasteiger partial charge on any atom is 0.412 e. The number of nitrogens with zero attached hydrogens (tertiary/aromatic N) is 1. The van der Waals surface area contributed by atoms with Gasteiger partial charge in [-0.1, -0.05) is 83.5 Å². The topological polar surface area (TPSA) is 119 Å². The van der Waals surface area contributed by atoms with E-state index < -0.39 is 23.9 Å². The lowest BCUT2D eigenvalue weighted by Crippen LogP contribution is -2.17. The van der Waals surface area contributed by atoms with Crippen molar-refractivity contribution in [2.75, 3.05) is 5.32 Å². The van der Waals surface area contributed by atoms with Crippen molar-refractivity contribution < 1.29 is 28.8 Å². The number of ether oxygens (including phenoxy) is 1. The number of halogens is 1. The molecule has 1 unspecified atom stereocenters. The van der Waals surface area contributed by atoms with Crippen molar-refractivity contribution in [3.8, 4) is 11.1 Å². The largest absolute Gasteiger partial charge is 0.481 e. The smallest absolute Gasteiger partial charge is 0.412 e. The van der Waals surface area contributed by atoms with Crippen molar-refractivity contribution in [1.29, 1.82) is 0 Å². The molecule has 3 aromatic carbocycles. The lowest BCUT2D eigenvalue weighted by molar-refractivity contribution is -0.136. The van der Waals surface area contributed by atoms with Crippen LogP contribution in [0.2, 0.25) is 5.02 Å². The van der Waals surface area contributed by atoms with Crippen molar-refractivity contribution in [3.63, 3.8) is 0 Å². The Morgan fingerprint density at radius 1 is 1.00 bits per heavy atom. The van der Waals surface area contributed by atoms with Gasteiger partial charge in [-0.3, -0.25) is 14.9 Å². The van der Waals surface area contributed by atoms with Crippen LogP contribution in [0.15, 0.2) is 83.6 Å². The van der Waals surface area contributed by atoms with E-state index in [2.05, 4.69) is 10.5 Å². The standard InChI is InChI=1S/C27H21ClN2O6/c1-16(21-4-2-3-5-22(21)28)36-27(34)29-23-15-35-30-25(23)26(33)20-12-10-19(11-13-20)18-8-6-17(7-9-18)14-24(31)32/h2-13,15-16H,14H2,1H3,(H,29,34)(H,31,32). The van der Waals surface area contributed by atoms with Crippen LogP contribution in [0.1, 0.15) is 40.2 Å². The van der Waals surface area contributed by atoms with Crippen LogP contribution in [-0.2, 0) is 16.0 Å². The zero-order valence-electron chi connectivity index (χ0n) is 19.1. The number of carbonyl (C=O) groups excluding carboxylic acids is 2. The zero-order chi connectivity index (χ0) is 25.7. The van der Waals surface area contributed by atoms with Crippen LogP contribution in [0, 0.1) is 0 Å². The first kappa shape index (κ1) is 24.7. The van der Waals surface area contributed by atoms with Crippen LogP contribution in [0.25, 0.3) is 11.1 Å². The summed E-state index contributed by atoms with van der Waals surface area (Å²) in [6.07, 6.45) is -0.305. The number of carboxylic acid groups (broad SMARTS) is 1. The highest BCUT2D eigenvalue weighted by Gasteiger charge is 2.22. The van der Waals surface area contributed by atoms with Gasteiger partial charge >= 0.3 is 12.1 Å². The van der Waals surface area contributed by atoms with E-state index >= 15 is 0 Å². The molecule has 0 bridgehead atoms. The monoisotopic (exact) mass is 504 g/mol. The lowest BCUT2D eigenvalue weighted by Gasteiger charge is -2.15. The van der Waals surface area contributed by atoms with E-state index in [4.69, 9.17) is 26.0 Å². The number of benzene rings is 3. The molecule has 182 valence electrons. The fourth-order valence-corrected chi connectivity index (χ4v) is 3.89. The molecule has 1 aromatic heterocycles. The van der Waals surface area contributed by atoms with E-state index in [9.17, 15) is 14.4 Å². The molecule has 4 rings (SSSR count). The first-order valence-electron chi connectivity index (χ1n) is 10.9. The second-order valence-corrected chi connectivity index (χ2v) is 8.35. The third kappa shape index (κ3) is 5.79. The molecule has 0 saturated carbocycles. The molecule has 1 amide bonds. The molecule has 8 nitrogen and oxygen atoms in total. The first-order valence-corrected chi connectivity index (χ1v) is 11.3. The number of hydrogen-bond acceptors (Lipinski definition) is 6. The van der Waals surface area contributed by atoms with Crippen molar-refractivity contribution in [2.24, 2.45) is 0 Å². The van der Waals surface area contributed by atoms with Crippen molar-refractivity contribution in [3.05, 3.63) is 106 Å². The quantitative estimate of drug-likeness (QED) is 0.276. The maximum atomic E-state index is 13.0. The van der Waals surface area contributed by atoms with Crippen LogP contribution in [-0.4, -0.2) is 28.1 Å². The number of ketones is 1. The number of rotatable bonds is 8. The molecule has 1 heterocycles. The summed E-state index contributed by atoms with van der Waals surface area (Å²) in [5.74, 6) is -1.34. The van der Waals surface area contributed by atoms with Crippen LogP contribution in [0.4, 0.5) is 10.5 Å². The number of carboxylic acids is 1. The van der Waals surface area contributed by atoms with Crippen LogP contribution in [0.5, 0.6) is 0 Å². The summed E-state index contributed by atoms with van der Waals surface area (Å²) in [5, 5.41) is 15.6. The third-order valence-electron chi connectivity index (χ3n) is 5.44. The van der Waals surface area contributed by atoms with E-state index in [1.165, 1.54) is 0 Å². The zero-order valence-corrected chi connectivity index (χ0v) is 19.9. The Labute approximate surface area is 211 Å². The molecule has 1 atom stereocenters. The van der Waals surface area contributed by atoms with Gasteiger partial charge < -0.3 is 14.4 Å². The highest BCUT2D eigenvalue weighted by Crippen LogP contribution is 2.27. The molecule has 0 aliphatic heterocycles. The van der Waals surface area contributed by atoms with Gasteiger partial charge in [0.1, 0.15) is 18.1 Å². The van der Waals surface area contributed by atoms with Crippen molar-refractivity contribution >= 4 is 35.1 Å². The minimum Gasteiger partial charge on any atom is -0.481 e. The number of carbonyl (C=O) groups is 3. The molecule has 4 aromatic rings. The van der Waals surface area contributed by atoms with Crippen molar-refractivity contribution in [1.82, 2.24) is 5.16 Å². The van der Waals surface area contributed by atoms with Gasteiger partial charge in [0.25, 0.3) is 0 Å². The van der Waals surface area contributed by atoms with Gasteiger partial charge in [0.2, 0.25) is 5.78 Å². The van der Waals surface area contributed by atoms with Gasteiger partial charge in [0.05, 0.1) is 6.42 Å². The Hall–Kier alpha value is -4.43. The fourth-order valence-electron chi connectivity index (χ4n) is 3.60. The molecule has 9 heteroatoms. The average molecular weight is 505 g/mol. The summed E-state index contributed by atoms with van der Waals surface area (Å²) in [6, 6.07) is 21.0. The van der Waals surface area contributed by atoms with Gasteiger partial charge in [-0.2, -0.15) is 0 Å². The van der Waals surface area contributed by atoms with Gasteiger partial charge in [-0.15, -0.1) is 0 Å². The minimum absolute atomic E-state index is 0.0474. The van der Waals surface area contributed by atoms with Crippen LogP contribution >= 0.6 is 11.6 Å². The Morgan fingerprint density at radius 2 is 1.64 bits per heavy atom. The Kier molecular flexibility index (Phi) is 7.46. The number of anilines is 1. The van der Waals surface area contributed by atoms with E-state index in [0.717, 1.165) is 17.4 Å². The molecule has 0 aliphatic rings.